The van der Waals surface area contributed by atoms with Crippen molar-refractivity contribution in [3.05, 3.63) is 60.2 Å². The number of hydrogen-bond donors (Lipinski definition) is 1. The molecule has 0 spiro atoms. The van der Waals surface area contributed by atoms with E-state index in [0.717, 1.165) is 18.0 Å². The molecule has 1 atom stereocenters. The molecule has 2 heteroatoms. The second kappa shape index (κ2) is 5.23. The Labute approximate surface area is 108 Å². The van der Waals surface area contributed by atoms with Crippen molar-refractivity contribution in [1.29, 1.82) is 0 Å². The Kier molecular flexibility index (Phi) is 3.29. The Balaban J connectivity index is 1.71. The first kappa shape index (κ1) is 11.3. The van der Waals surface area contributed by atoms with Crippen LogP contribution in [0, 0.1) is 0 Å². The summed E-state index contributed by atoms with van der Waals surface area (Å²) >= 11 is 0. The van der Waals surface area contributed by atoms with Crippen LogP contribution in [0.25, 0.3) is 0 Å². The third-order valence-electron chi connectivity index (χ3n) is 3.32. The van der Waals surface area contributed by atoms with Crippen LogP contribution in [0.1, 0.15) is 24.4 Å². The average Bonchev–Trinajstić information content (AvgIpc) is 2.95. The predicted molar refractivity (Wildman–Crippen MR) is 72.9 cm³/mol. The molecule has 1 N–H and O–H groups in total. The summed E-state index contributed by atoms with van der Waals surface area (Å²) in [4.78, 5) is 0. The lowest BCUT2D eigenvalue weighted by molar-refractivity contribution is 0.482. The molecule has 92 valence electrons. The lowest BCUT2D eigenvalue weighted by Gasteiger charge is -2.11. The van der Waals surface area contributed by atoms with Gasteiger partial charge in [-0.2, -0.15) is 0 Å². The van der Waals surface area contributed by atoms with E-state index in [1.807, 2.05) is 42.5 Å². The molecule has 2 aromatic rings. The topological polar surface area (TPSA) is 21.3 Å². The smallest absolute Gasteiger partial charge is 0.127 e. The molecule has 0 bridgehead atoms. The van der Waals surface area contributed by atoms with Gasteiger partial charge in [0, 0.05) is 6.04 Å². The molecular formula is C16H17NO. The Hall–Kier alpha value is -1.80. The largest absolute Gasteiger partial charge is 0.457 e. The molecule has 1 saturated heterocycles. The number of nitrogens with one attached hydrogen (secondary N) is 1. The summed E-state index contributed by atoms with van der Waals surface area (Å²) in [5.74, 6) is 1.77. The fraction of sp³-hybridized carbons (Fsp3) is 0.250. The van der Waals surface area contributed by atoms with Crippen LogP contribution >= 0.6 is 0 Å². The maximum atomic E-state index is 5.78. The quantitative estimate of drug-likeness (QED) is 0.877. The minimum Gasteiger partial charge on any atom is -0.457 e. The van der Waals surface area contributed by atoms with Gasteiger partial charge in [0.25, 0.3) is 0 Å². The van der Waals surface area contributed by atoms with Crippen LogP contribution in [0.4, 0.5) is 0 Å². The van der Waals surface area contributed by atoms with Gasteiger partial charge >= 0.3 is 0 Å². The van der Waals surface area contributed by atoms with Crippen LogP contribution in [0.2, 0.25) is 0 Å². The third-order valence-corrected chi connectivity index (χ3v) is 3.32. The Bertz CT molecular complexity index is 486. The molecule has 18 heavy (non-hydrogen) atoms. The van der Waals surface area contributed by atoms with E-state index >= 15 is 0 Å². The zero-order valence-corrected chi connectivity index (χ0v) is 10.3. The summed E-state index contributed by atoms with van der Waals surface area (Å²) in [6.07, 6.45) is 2.51. The van der Waals surface area contributed by atoms with Gasteiger partial charge < -0.3 is 10.1 Å². The Morgan fingerprint density at radius 1 is 0.889 bits per heavy atom. The second-order valence-corrected chi connectivity index (χ2v) is 4.63. The molecule has 0 aromatic heterocycles. The number of hydrogen-bond acceptors (Lipinski definition) is 2. The number of rotatable bonds is 3. The molecule has 1 heterocycles. The number of ether oxygens (including phenoxy) is 1. The van der Waals surface area contributed by atoms with Gasteiger partial charge in [-0.25, -0.2) is 0 Å². The van der Waals surface area contributed by atoms with Gasteiger partial charge in [0.1, 0.15) is 11.5 Å². The van der Waals surface area contributed by atoms with Crippen LogP contribution in [0.3, 0.4) is 0 Å². The summed E-state index contributed by atoms with van der Waals surface area (Å²) in [5.41, 5.74) is 1.35. The number of para-hydroxylation sites is 1. The van der Waals surface area contributed by atoms with Crippen molar-refractivity contribution in [2.75, 3.05) is 6.54 Å². The van der Waals surface area contributed by atoms with Crippen LogP contribution in [0.5, 0.6) is 11.5 Å². The molecule has 3 rings (SSSR count). The van der Waals surface area contributed by atoms with E-state index in [1.54, 1.807) is 0 Å². The first-order valence-corrected chi connectivity index (χ1v) is 6.48. The molecule has 0 radical (unpaired) electrons. The zero-order valence-electron chi connectivity index (χ0n) is 10.3. The summed E-state index contributed by atoms with van der Waals surface area (Å²) < 4.78 is 5.78. The first-order chi connectivity index (χ1) is 8.92. The van der Waals surface area contributed by atoms with Gasteiger partial charge in [-0.05, 0) is 49.2 Å². The number of benzene rings is 2. The van der Waals surface area contributed by atoms with Crippen molar-refractivity contribution < 1.29 is 4.74 Å². The summed E-state index contributed by atoms with van der Waals surface area (Å²) in [7, 11) is 0. The van der Waals surface area contributed by atoms with Crippen molar-refractivity contribution in [3.63, 3.8) is 0 Å². The second-order valence-electron chi connectivity index (χ2n) is 4.63. The summed E-state index contributed by atoms with van der Waals surface area (Å²) in [5, 5.41) is 3.50. The molecule has 1 aliphatic heterocycles. The molecule has 0 aliphatic carbocycles. The van der Waals surface area contributed by atoms with E-state index in [1.165, 1.54) is 18.4 Å². The lowest BCUT2D eigenvalue weighted by atomic mass is 10.1. The molecule has 0 saturated carbocycles. The van der Waals surface area contributed by atoms with Crippen LogP contribution < -0.4 is 10.1 Å². The van der Waals surface area contributed by atoms with Crippen LogP contribution in [-0.2, 0) is 0 Å². The standard InChI is InChI=1S/C16H17NO/c1-2-5-14(6-3-1)18-15-10-8-13(9-11-15)16-7-4-12-17-16/h1-3,5-6,8-11,16-17H,4,7,12H2/t16-/m0/s1. The fourth-order valence-electron chi connectivity index (χ4n) is 2.36. The van der Waals surface area contributed by atoms with Crippen molar-refractivity contribution in [1.82, 2.24) is 5.32 Å². The molecule has 2 nitrogen and oxygen atoms in total. The fourth-order valence-corrected chi connectivity index (χ4v) is 2.36. The Morgan fingerprint density at radius 3 is 2.28 bits per heavy atom. The summed E-state index contributed by atoms with van der Waals surface area (Å²) in [6.45, 7) is 1.13. The maximum absolute atomic E-state index is 5.78. The van der Waals surface area contributed by atoms with Crippen molar-refractivity contribution in [3.8, 4) is 11.5 Å². The van der Waals surface area contributed by atoms with E-state index in [0.29, 0.717) is 6.04 Å². The van der Waals surface area contributed by atoms with Crippen molar-refractivity contribution in [2.45, 2.75) is 18.9 Å². The minimum atomic E-state index is 0.524. The molecule has 1 fully saturated rings. The van der Waals surface area contributed by atoms with Gasteiger partial charge in [0.05, 0.1) is 0 Å². The minimum absolute atomic E-state index is 0.524. The van der Waals surface area contributed by atoms with Crippen LogP contribution in [0.15, 0.2) is 54.6 Å². The first-order valence-electron chi connectivity index (χ1n) is 6.48. The summed E-state index contributed by atoms with van der Waals surface area (Å²) in [6, 6.07) is 18.8. The van der Waals surface area contributed by atoms with E-state index in [4.69, 9.17) is 4.74 Å². The molecule has 0 unspecified atom stereocenters. The highest BCUT2D eigenvalue weighted by Gasteiger charge is 2.15. The predicted octanol–water partition coefficient (Wildman–Crippen LogP) is 3.90. The van der Waals surface area contributed by atoms with Crippen LogP contribution in [-0.4, -0.2) is 6.54 Å². The van der Waals surface area contributed by atoms with Gasteiger partial charge in [-0.3, -0.25) is 0 Å². The lowest BCUT2D eigenvalue weighted by Crippen LogP contribution is -2.12. The highest BCUT2D eigenvalue weighted by Crippen LogP contribution is 2.26. The zero-order chi connectivity index (χ0) is 12.2. The molecular weight excluding hydrogens is 222 g/mol. The third kappa shape index (κ3) is 2.54. The van der Waals surface area contributed by atoms with E-state index in [2.05, 4.69) is 17.4 Å². The maximum Gasteiger partial charge on any atom is 0.127 e. The normalized spacial score (nSPS) is 18.8. The van der Waals surface area contributed by atoms with Gasteiger partial charge in [-0.1, -0.05) is 30.3 Å². The van der Waals surface area contributed by atoms with Gasteiger partial charge in [0.15, 0.2) is 0 Å². The Morgan fingerprint density at radius 2 is 1.61 bits per heavy atom. The monoisotopic (exact) mass is 239 g/mol. The van der Waals surface area contributed by atoms with Gasteiger partial charge in [0.2, 0.25) is 0 Å². The SMILES string of the molecule is c1ccc(Oc2ccc([C@@H]3CCCN3)cc2)cc1. The van der Waals surface area contributed by atoms with E-state index in [-0.39, 0.29) is 0 Å². The highest BCUT2D eigenvalue weighted by molar-refractivity contribution is 5.34. The average molecular weight is 239 g/mol. The van der Waals surface area contributed by atoms with Crippen molar-refractivity contribution in [2.24, 2.45) is 0 Å². The molecule has 1 aliphatic rings. The van der Waals surface area contributed by atoms with Crippen molar-refractivity contribution >= 4 is 0 Å². The molecule has 0 amide bonds. The van der Waals surface area contributed by atoms with E-state index < -0.39 is 0 Å². The highest BCUT2D eigenvalue weighted by atomic mass is 16.5. The molecule has 2 aromatic carbocycles. The van der Waals surface area contributed by atoms with E-state index in [9.17, 15) is 0 Å². The van der Waals surface area contributed by atoms with Gasteiger partial charge in [-0.15, -0.1) is 0 Å².